The topological polar surface area (TPSA) is 60.5 Å². The summed E-state index contributed by atoms with van der Waals surface area (Å²) >= 11 is 1.50. The summed E-state index contributed by atoms with van der Waals surface area (Å²) in [6.45, 7) is 5.02. The third-order valence-electron chi connectivity index (χ3n) is 4.67. The van der Waals surface area contributed by atoms with Crippen LogP contribution >= 0.6 is 11.3 Å². The van der Waals surface area contributed by atoms with Crippen LogP contribution in [0.2, 0.25) is 0 Å². The highest BCUT2D eigenvalue weighted by Gasteiger charge is 2.26. The highest BCUT2D eigenvalue weighted by Crippen LogP contribution is 2.34. The lowest BCUT2D eigenvalue weighted by molar-refractivity contribution is 0.0907. The molecule has 0 spiro atoms. The Hall–Kier alpha value is -2.86. The lowest BCUT2D eigenvalue weighted by Gasteiger charge is -2.28. The number of fused-ring (bicyclic) bond motifs is 1. The Balaban J connectivity index is 1.47. The Morgan fingerprint density at radius 1 is 1.11 bits per heavy atom. The molecule has 0 saturated carbocycles. The zero-order valence-electron chi connectivity index (χ0n) is 15.9. The maximum absolute atomic E-state index is 12.8. The van der Waals surface area contributed by atoms with Crippen LogP contribution in [0.4, 0.5) is 0 Å². The third kappa shape index (κ3) is 4.02. The Labute approximate surface area is 168 Å². The van der Waals surface area contributed by atoms with Gasteiger partial charge in [-0.25, -0.2) is 4.98 Å². The number of ether oxygens (including phenoxy) is 2. The quantitative estimate of drug-likeness (QED) is 0.706. The number of amides is 1. The van der Waals surface area contributed by atoms with Crippen molar-refractivity contribution in [2.75, 3.05) is 13.2 Å². The number of carbonyl (C=O) groups excluding carboxylic acids is 1. The summed E-state index contributed by atoms with van der Waals surface area (Å²) < 4.78 is 11.2. The van der Waals surface area contributed by atoms with Crippen LogP contribution in [0.25, 0.3) is 0 Å². The molecular weight excluding hydrogens is 372 g/mol. The van der Waals surface area contributed by atoms with Crippen LogP contribution in [0, 0.1) is 0 Å². The predicted octanol–water partition coefficient (Wildman–Crippen LogP) is 4.17. The first kappa shape index (κ1) is 18.5. The highest BCUT2D eigenvalue weighted by atomic mass is 32.1. The van der Waals surface area contributed by atoms with E-state index in [1.807, 2.05) is 55.6 Å². The minimum Gasteiger partial charge on any atom is -0.486 e. The zero-order valence-corrected chi connectivity index (χ0v) is 16.7. The van der Waals surface area contributed by atoms with E-state index in [2.05, 4.69) is 22.4 Å². The molecule has 2 heterocycles. The first-order chi connectivity index (χ1) is 13.5. The van der Waals surface area contributed by atoms with Crippen LogP contribution in [-0.2, 0) is 12.0 Å². The van der Waals surface area contributed by atoms with Crippen molar-refractivity contribution in [1.82, 2.24) is 10.3 Å². The molecule has 0 saturated heterocycles. The highest BCUT2D eigenvalue weighted by molar-refractivity contribution is 7.09. The number of nitrogens with one attached hydrogen (secondary N) is 1. The number of hydrogen-bond acceptors (Lipinski definition) is 5. The zero-order chi connectivity index (χ0) is 19.6. The van der Waals surface area contributed by atoms with Crippen molar-refractivity contribution in [3.8, 4) is 11.5 Å². The Bertz CT molecular complexity index is 982. The minimum atomic E-state index is -0.573. The van der Waals surface area contributed by atoms with Crippen LogP contribution < -0.4 is 14.8 Å². The van der Waals surface area contributed by atoms with Crippen molar-refractivity contribution in [3.63, 3.8) is 0 Å². The molecule has 1 amide bonds. The summed E-state index contributed by atoms with van der Waals surface area (Å²) in [6, 6.07) is 15.9. The summed E-state index contributed by atoms with van der Waals surface area (Å²) in [5.41, 5.74) is 2.00. The van der Waals surface area contributed by atoms with Gasteiger partial charge in [-0.1, -0.05) is 36.4 Å². The van der Waals surface area contributed by atoms with E-state index in [0.29, 0.717) is 24.7 Å². The second-order valence-electron chi connectivity index (χ2n) is 7.23. The van der Waals surface area contributed by atoms with E-state index in [0.717, 1.165) is 22.7 Å². The van der Waals surface area contributed by atoms with Gasteiger partial charge in [0.2, 0.25) is 0 Å². The van der Waals surface area contributed by atoms with E-state index in [-0.39, 0.29) is 5.91 Å². The van der Waals surface area contributed by atoms with Gasteiger partial charge < -0.3 is 14.8 Å². The number of thiazole rings is 1. The lowest BCUT2D eigenvalue weighted by atomic mass is 9.93. The number of nitrogens with zero attached hydrogens (tertiary/aromatic N) is 1. The number of aromatic nitrogens is 1. The summed E-state index contributed by atoms with van der Waals surface area (Å²) in [6.07, 6.45) is 0.727. The molecule has 2 aromatic carbocycles. The van der Waals surface area contributed by atoms with Crippen LogP contribution in [0.1, 0.15) is 40.5 Å². The SMILES string of the molecule is CC(C)(NC(=O)c1csc(Cc2ccccc2)n1)c1ccc2c(c1)OCCO2. The van der Waals surface area contributed by atoms with Gasteiger partial charge in [0.05, 0.1) is 10.5 Å². The van der Waals surface area contributed by atoms with Gasteiger partial charge >= 0.3 is 0 Å². The Kier molecular flexibility index (Phi) is 5.05. The predicted molar refractivity (Wildman–Crippen MR) is 109 cm³/mol. The lowest BCUT2D eigenvalue weighted by Crippen LogP contribution is -2.41. The Morgan fingerprint density at radius 3 is 2.64 bits per heavy atom. The van der Waals surface area contributed by atoms with Gasteiger partial charge in [-0.05, 0) is 37.1 Å². The molecule has 1 aliphatic heterocycles. The fourth-order valence-electron chi connectivity index (χ4n) is 3.12. The van der Waals surface area contributed by atoms with Crippen molar-refractivity contribution in [3.05, 3.63) is 75.7 Å². The fraction of sp³-hybridized carbons (Fsp3) is 0.273. The molecule has 144 valence electrons. The normalized spacial score (nSPS) is 13.2. The van der Waals surface area contributed by atoms with Gasteiger partial charge in [0.15, 0.2) is 11.5 Å². The van der Waals surface area contributed by atoms with Crippen LogP contribution in [-0.4, -0.2) is 24.1 Å². The summed E-state index contributed by atoms with van der Waals surface area (Å²) in [5.74, 6) is 1.27. The van der Waals surface area contributed by atoms with Gasteiger partial charge in [-0.3, -0.25) is 4.79 Å². The molecule has 0 fully saturated rings. The van der Waals surface area contributed by atoms with Crippen molar-refractivity contribution >= 4 is 17.2 Å². The molecular formula is C22H22N2O3S. The first-order valence-corrected chi connectivity index (χ1v) is 10.1. The van der Waals surface area contributed by atoms with Crippen molar-refractivity contribution in [1.29, 1.82) is 0 Å². The van der Waals surface area contributed by atoms with E-state index < -0.39 is 5.54 Å². The summed E-state index contributed by atoms with van der Waals surface area (Å²) in [7, 11) is 0. The van der Waals surface area contributed by atoms with Crippen LogP contribution in [0.5, 0.6) is 11.5 Å². The van der Waals surface area contributed by atoms with E-state index in [1.165, 1.54) is 16.9 Å². The second kappa shape index (κ2) is 7.64. The van der Waals surface area contributed by atoms with E-state index in [9.17, 15) is 4.79 Å². The van der Waals surface area contributed by atoms with Crippen molar-refractivity contribution in [2.45, 2.75) is 25.8 Å². The molecule has 0 aliphatic carbocycles. The molecule has 1 aromatic heterocycles. The molecule has 4 rings (SSSR count). The average Bonchev–Trinajstić information content (AvgIpc) is 3.17. The summed E-state index contributed by atoms with van der Waals surface area (Å²) in [5, 5.41) is 5.82. The molecule has 6 heteroatoms. The first-order valence-electron chi connectivity index (χ1n) is 9.22. The molecule has 0 radical (unpaired) electrons. The van der Waals surface area contributed by atoms with Gasteiger partial charge in [-0.2, -0.15) is 0 Å². The van der Waals surface area contributed by atoms with Gasteiger partial charge in [0.25, 0.3) is 5.91 Å². The van der Waals surface area contributed by atoms with E-state index in [1.54, 1.807) is 0 Å². The molecule has 1 N–H and O–H groups in total. The van der Waals surface area contributed by atoms with Crippen LogP contribution in [0.15, 0.2) is 53.9 Å². The Morgan fingerprint density at radius 2 is 1.86 bits per heavy atom. The largest absolute Gasteiger partial charge is 0.486 e. The van der Waals surface area contributed by atoms with Crippen molar-refractivity contribution < 1.29 is 14.3 Å². The third-order valence-corrected chi connectivity index (χ3v) is 5.52. The number of benzene rings is 2. The number of hydrogen-bond donors (Lipinski definition) is 1. The standard InChI is InChI=1S/C22H22N2O3S/c1-22(2,16-8-9-18-19(13-16)27-11-10-26-18)24-21(25)17-14-28-20(23-17)12-15-6-4-3-5-7-15/h3-9,13-14H,10-12H2,1-2H3,(H,24,25). The molecule has 1 aliphatic rings. The maximum Gasteiger partial charge on any atom is 0.271 e. The number of rotatable bonds is 5. The molecule has 28 heavy (non-hydrogen) atoms. The smallest absolute Gasteiger partial charge is 0.271 e. The van der Waals surface area contributed by atoms with E-state index in [4.69, 9.17) is 9.47 Å². The average molecular weight is 394 g/mol. The van der Waals surface area contributed by atoms with Gasteiger partial charge in [0.1, 0.15) is 18.9 Å². The van der Waals surface area contributed by atoms with Gasteiger partial charge in [-0.15, -0.1) is 11.3 Å². The monoisotopic (exact) mass is 394 g/mol. The van der Waals surface area contributed by atoms with Crippen LogP contribution in [0.3, 0.4) is 0 Å². The van der Waals surface area contributed by atoms with Gasteiger partial charge in [0, 0.05) is 11.8 Å². The van der Waals surface area contributed by atoms with Crippen molar-refractivity contribution in [2.24, 2.45) is 0 Å². The molecule has 0 bridgehead atoms. The minimum absolute atomic E-state index is 0.185. The summed E-state index contributed by atoms with van der Waals surface area (Å²) in [4.78, 5) is 17.3. The molecule has 0 unspecified atom stereocenters. The molecule has 5 nitrogen and oxygen atoms in total. The van der Waals surface area contributed by atoms with E-state index >= 15 is 0 Å². The number of carbonyl (C=O) groups is 1. The maximum atomic E-state index is 12.8. The molecule has 0 atom stereocenters. The fourth-order valence-corrected chi connectivity index (χ4v) is 3.93. The second-order valence-corrected chi connectivity index (χ2v) is 8.17. The molecule has 3 aromatic rings.